The summed E-state index contributed by atoms with van der Waals surface area (Å²) in [5, 5.41) is 9.03. The lowest BCUT2D eigenvalue weighted by molar-refractivity contribution is 0.177. The molecule has 1 aromatic carbocycles. The first-order valence-corrected chi connectivity index (χ1v) is 12.0. The van der Waals surface area contributed by atoms with Gasteiger partial charge in [0.05, 0.1) is 0 Å². The van der Waals surface area contributed by atoms with Gasteiger partial charge in [-0.3, -0.25) is 0 Å². The zero-order valence-corrected chi connectivity index (χ0v) is 20.1. The molecule has 2 aliphatic rings. The maximum Gasteiger partial charge on any atom is 0.0443 e. The standard InChI is InChI=1S/C28H43NO/c1-21(23-12-17-29(18-13-23)16-7-19-30)8-9-22(2)24-10-11-25-26(20-24)28(5,6)15-14-27(25,3)4/h9-11,20,23,30H,1,7-8,12-19H2,2-6H3/b22-9+. The molecule has 0 atom stereocenters. The molecule has 1 aliphatic heterocycles. The summed E-state index contributed by atoms with van der Waals surface area (Å²) in [6.45, 7) is 19.9. The maximum absolute atomic E-state index is 9.03. The third-order valence-electron chi connectivity index (χ3n) is 7.78. The Balaban J connectivity index is 1.64. The van der Waals surface area contributed by atoms with Crippen molar-refractivity contribution in [2.75, 3.05) is 26.2 Å². The molecule has 0 spiro atoms. The highest BCUT2D eigenvalue weighted by atomic mass is 16.3. The summed E-state index contributed by atoms with van der Waals surface area (Å²) >= 11 is 0. The van der Waals surface area contributed by atoms with E-state index in [0.29, 0.717) is 12.5 Å². The van der Waals surface area contributed by atoms with Crippen molar-refractivity contribution < 1.29 is 5.11 Å². The van der Waals surface area contributed by atoms with Gasteiger partial charge < -0.3 is 10.0 Å². The van der Waals surface area contributed by atoms with Gasteiger partial charge in [0, 0.05) is 13.2 Å². The Bertz CT molecular complexity index is 778. The topological polar surface area (TPSA) is 23.5 Å². The first-order valence-electron chi connectivity index (χ1n) is 12.0. The molecule has 1 saturated heterocycles. The van der Waals surface area contributed by atoms with E-state index in [1.807, 2.05) is 0 Å². The molecular weight excluding hydrogens is 366 g/mol. The summed E-state index contributed by atoms with van der Waals surface area (Å²) in [7, 11) is 0. The molecule has 0 unspecified atom stereocenters. The Morgan fingerprint density at radius 3 is 2.37 bits per heavy atom. The van der Waals surface area contributed by atoms with Crippen molar-refractivity contribution in [2.45, 2.75) is 84.0 Å². The normalized spacial score (nSPS) is 22.0. The van der Waals surface area contributed by atoms with Crippen molar-refractivity contribution in [3.8, 4) is 0 Å². The summed E-state index contributed by atoms with van der Waals surface area (Å²) < 4.78 is 0. The Hall–Kier alpha value is -1.38. The van der Waals surface area contributed by atoms with Gasteiger partial charge in [0.2, 0.25) is 0 Å². The second-order valence-electron chi connectivity index (χ2n) is 11.0. The molecule has 30 heavy (non-hydrogen) atoms. The molecule has 2 heteroatoms. The van der Waals surface area contributed by atoms with Crippen LogP contribution in [0.5, 0.6) is 0 Å². The average Bonchev–Trinajstić information content (AvgIpc) is 2.73. The van der Waals surface area contributed by atoms with Gasteiger partial charge in [-0.1, -0.05) is 64.1 Å². The number of hydrogen-bond acceptors (Lipinski definition) is 2. The molecule has 1 heterocycles. The van der Waals surface area contributed by atoms with Crippen molar-refractivity contribution in [3.63, 3.8) is 0 Å². The number of benzene rings is 1. The van der Waals surface area contributed by atoms with Crippen LogP contribution in [0, 0.1) is 5.92 Å². The predicted octanol–water partition coefficient (Wildman–Crippen LogP) is 6.48. The summed E-state index contributed by atoms with van der Waals surface area (Å²) in [6.07, 6.45) is 9.20. The van der Waals surface area contributed by atoms with Gasteiger partial charge in [0.1, 0.15) is 0 Å². The van der Waals surface area contributed by atoms with Gasteiger partial charge in [-0.25, -0.2) is 0 Å². The molecule has 3 rings (SSSR count). The molecule has 0 aromatic heterocycles. The van der Waals surface area contributed by atoms with Gasteiger partial charge in [0.25, 0.3) is 0 Å². The van der Waals surface area contributed by atoms with Crippen molar-refractivity contribution in [2.24, 2.45) is 5.92 Å². The van der Waals surface area contributed by atoms with Gasteiger partial charge >= 0.3 is 0 Å². The van der Waals surface area contributed by atoms with Crippen LogP contribution in [0.15, 0.2) is 36.4 Å². The van der Waals surface area contributed by atoms with E-state index < -0.39 is 0 Å². The Morgan fingerprint density at radius 2 is 1.73 bits per heavy atom. The predicted molar refractivity (Wildman–Crippen MR) is 130 cm³/mol. The fourth-order valence-electron chi connectivity index (χ4n) is 5.26. The highest BCUT2D eigenvalue weighted by molar-refractivity contribution is 5.66. The zero-order chi connectivity index (χ0) is 21.9. The molecule has 0 amide bonds. The summed E-state index contributed by atoms with van der Waals surface area (Å²) in [4.78, 5) is 2.48. The largest absolute Gasteiger partial charge is 0.396 e. The highest BCUT2D eigenvalue weighted by Crippen LogP contribution is 2.46. The summed E-state index contributed by atoms with van der Waals surface area (Å²) in [5.74, 6) is 0.641. The number of rotatable bonds is 7. The molecular formula is C28H43NO. The van der Waals surface area contributed by atoms with Crippen LogP contribution in [-0.2, 0) is 10.8 Å². The van der Waals surface area contributed by atoms with E-state index in [2.05, 4.69) is 70.4 Å². The molecule has 166 valence electrons. The monoisotopic (exact) mass is 409 g/mol. The SMILES string of the molecule is C=C(C/C=C(\C)c1ccc2c(c1)C(C)(C)CCC2(C)C)C1CCN(CCCO)CC1. The number of fused-ring (bicyclic) bond motifs is 1. The highest BCUT2D eigenvalue weighted by Gasteiger charge is 2.36. The molecule has 0 saturated carbocycles. The second-order valence-corrected chi connectivity index (χ2v) is 11.0. The minimum absolute atomic E-state index is 0.259. The van der Waals surface area contributed by atoms with E-state index in [4.69, 9.17) is 5.11 Å². The van der Waals surface area contributed by atoms with E-state index in [1.165, 1.54) is 53.5 Å². The van der Waals surface area contributed by atoms with Crippen LogP contribution in [-0.4, -0.2) is 36.2 Å². The minimum Gasteiger partial charge on any atom is -0.396 e. The quantitative estimate of drug-likeness (QED) is 0.521. The van der Waals surface area contributed by atoms with Gasteiger partial charge in [-0.2, -0.15) is 0 Å². The Morgan fingerprint density at radius 1 is 1.10 bits per heavy atom. The Kier molecular flexibility index (Phi) is 7.30. The molecule has 0 bridgehead atoms. The summed E-state index contributed by atoms with van der Waals surface area (Å²) in [6, 6.07) is 7.18. The lowest BCUT2D eigenvalue weighted by Crippen LogP contribution is -2.35. The molecule has 1 N–H and O–H groups in total. The van der Waals surface area contributed by atoms with Crippen molar-refractivity contribution in [1.29, 1.82) is 0 Å². The third-order valence-corrected chi connectivity index (χ3v) is 7.78. The number of hydrogen-bond donors (Lipinski definition) is 1. The first-order chi connectivity index (χ1) is 14.1. The number of likely N-dealkylation sites (tertiary alicyclic amines) is 1. The van der Waals surface area contributed by atoms with E-state index in [1.54, 1.807) is 0 Å². The number of aliphatic hydroxyl groups excluding tert-OH is 1. The van der Waals surface area contributed by atoms with Crippen LogP contribution in [0.25, 0.3) is 5.57 Å². The van der Waals surface area contributed by atoms with Crippen LogP contribution in [0.4, 0.5) is 0 Å². The van der Waals surface area contributed by atoms with Crippen molar-refractivity contribution in [3.05, 3.63) is 53.1 Å². The fraction of sp³-hybridized carbons (Fsp3) is 0.643. The van der Waals surface area contributed by atoms with E-state index in [-0.39, 0.29) is 10.8 Å². The number of aliphatic hydroxyl groups is 1. The number of allylic oxidation sites excluding steroid dienone is 3. The molecule has 2 nitrogen and oxygen atoms in total. The maximum atomic E-state index is 9.03. The molecule has 1 aromatic rings. The smallest absolute Gasteiger partial charge is 0.0443 e. The van der Waals surface area contributed by atoms with Crippen LogP contribution >= 0.6 is 0 Å². The second kappa shape index (κ2) is 9.40. The fourth-order valence-corrected chi connectivity index (χ4v) is 5.26. The van der Waals surface area contributed by atoms with E-state index >= 15 is 0 Å². The zero-order valence-electron chi connectivity index (χ0n) is 20.1. The Labute approximate surface area is 185 Å². The number of piperidine rings is 1. The van der Waals surface area contributed by atoms with Gasteiger partial charge in [-0.15, -0.1) is 0 Å². The third kappa shape index (κ3) is 5.26. The van der Waals surface area contributed by atoms with Gasteiger partial charge in [-0.05, 0) is 97.5 Å². The molecule has 1 fully saturated rings. The van der Waals surface area contributed by atoms with E-state index in [9.17, 15) is 0 Å². The number of nitrogens with zero attached hydrogens (tertiary/aromatic N) is 1. The minimum atomic E-state index is 0.259. The lowest BCUT2D eigenvalue weighted by atomic mass is 9.63. The van der Waals surface area contributed by atoms with Crippen LogP contribution in [0.2, 0.25) is 0 Å². The lowest BCUT2D eigenvalue weighted by Gasteiger charge is -2.42. The summed E-state index contributed by atoms with van der Waals surface area (Å²) in [5.41, 5.74) is 7.74. The molecule has 1 aliphatic carbocycles. The van der Waals surface area contributed by atoms with Crippen LogP contribution in [0.3, 0.4) is 0 Å². The van der Waals surface area contributed by atoms with Crippen LogP contribution < -0.4 is 0 Å². The van der Waals surface area contributed by atoms with Gasteiger partial charge in [0.15, 0.2) is 0 Å². The average molecular weight is 410 g/mol. The van der Waals surface area contributed by atoms with Crippen LogP contribution in [0.1, 0.15) is 89.8 Å². The first kappa shape index (κ1) is 23.3. The van der Waals surface area contributed by atoms with Crippen molar-refractivity contribution >= 4 is 5.57 Å². The molecule has 0 radical (unpaired) electrons. The van der Waals surface area contributed by atoms with E-state index in [0.717, 1.165) is 32.5 Å². The van der Waals surface area contributed by atoms with Crippen molar-refractivity contribution in [1.82, 2.24) is 4.90 Å².